The summed E-state index contributed by atoms with van der Waals surface area (Å²) in [6.45, 7) is 0.714. The number of halogens is 1. The number of rotatable bonds is 3. The lowest BCUT2D eigenvalue weighted by Gasteiger charge is -2.08. The van der Waals surface area contributed by atoms with Gasteiger partial charge in [-0.05, 0) is 24.0 Å². The maximum Gasteiger partial charge on any atom is 0.223 e. The van der Waals surface area contributed by atoms with Crippen molar-refractivity contribution < 1.29 is 4.79 Å². The van der Waals surface area contributed by atoms with Gasteiger partial charge in [0.1, 0.15) is 0 Å². The maximum atomic E-state index is 11.7. The van der Waals surface area contributed by atoms with Crippen molar-refractivity contribution in [2.45, 2.75) is 12.8 Å². The minimum Gasteiger partial charge on any atom is -0.355 e. The summed E-state index contributed by atoms with van der Waals surface area (Å²) in [5.41, 5.74) is 2.66. The largest absolute Gasteiger partial charge is 0.355 e. The second-order valence-electron chi connectivity index (χ2n) is 3.85. The van der Waals surface area contributed by atoms with E-state index < -0.39 is 0 Å². The number of benzene rings is 1. The summed E-state index contributed by atoms with van der Waals surface area (Å²) in [4.78, 5) is 11.7. The van der Waals surface area contributed by atoms with Crippen LogP contribution < -0.4 is 5.32 Å². The van der Waals surface area contributed by atoms with Gasteiger partial charge < -0.3 is 5.32 Å². The number of alkyl halides is 1. The first-order valence-corrected chi connectivity index (χ1v) is 6.34. The molecule has 0 unspecified atom stereocenters. The summed E-state index contributed by atoms with van der Waals surface area (Å²) >= 11 is 3.30. The molecule has 15 heavy (non-hydrogen) atoms. The highest BCUT2D eigenvalue weighted by atomic mass is 79.9. The third-order valence-electron chi connectivity index (χ3n) is 2.82. The van der Waals surface area contributed by atoms with E-state index in [4.69, 9.17) is 0 Å². The van der Waals surface area contributed by atoms with Crippen molar-refractivity contribution in [3.63, 3.8) is 0 Å². The molecule has 3 heteroatoms. The first-order valence-electron chi connectivity index (χ1n) is 5.21. The number of hydrogen-bond acceptors (Lipinski definition) is 1. The van der Waals surface area contributed by atoms with Gasteiger partial charge in [-0.15, -0.1) is 0 Å². The molecule has 0 saturated carbocycles. The van der Waals surface area contributed by atoms with E-state index in [1.807, 2.05) is 12.1 Å². The quantitative estimate of drug-likeness (QED) is 0.834. The van der Waals surface area contributed by atoms with Crippen molar-refractivity contribution in [1.29, 1.82) is 0 Å². The van der Waals surface area contributed by atoms with Crippen molar-refractivity contribution >= 4 is 21.8 Å². The Balaban J connectivity index is 1.98. The summed E-state index contributed by atoms with van der Waals surface area (Å²) in [7, 11) is 0. The standard InChI is InChI=1S/C12H14BrNO/c13-5-6-14-12(15)11-7-9-3-1-2-4-10(9)8-11/h1-4,11H,5-8H2,(H,14,15). The molecule has 0 atom stereocenters. The van der Waals surface area contributed by atoms with Gasteiger partial charge in [0.25, 0.3) is 0 Å². The molecule has 0 aromatic heterocycles. The molecule has 1 aromatic carbocycles. The zero-order chi connectivity index (χ0) is 10.7. The van der Waals surface area contributed by atoms with Crippen molar-refractivity contribution in [3.05, 3.63) is 35.4 Å². The molecule has 0 heterocycles. The molecule has 2 rings (SSSR count). The number of carbonyl (C=O) groups is 1. The molecule has 0 aliphatic heterocycles. The number of carbonyl (C=O) groups excluding carboxylic acids is 1. The van der Waals surface area contributed by atoms with Gasteiger partial charge >= 0.3 is 0 Å². The van der Waals surface area contributed by atoms with E-state index >= 15 is 0 Å². The monoisotopic (exact) mass is 267 g/mol. The Morgan fingerprint density at radius 1 is 1.33 bits per heavy atom. The van der Waals surface area contributed by atoms with Crippen LogP contribution in [0.2, 0.25) is 0 Å². The molecule has 0 radical (unpaired) electrons. The minimum atomic E-state index is 0.140. The predicted octanol–water partition coefficient (Wildman–Crippen LogP) is 1.91. The van der Waals surface area contributed by atoms with E-state index in [1.165, 1.54) is 11.1 Å². The maximum absolute atomic E-state index is 11.7. The van der Waals surface area contributed by atoms with E-state index in [2.05, 4.69) is 33.4 Å². The Morgan fingerprint density at radius 3 is 2.47 bits per heavy atom. The summed E-state index contributed by atoms with van der Waals surface area (Å²) in [6.07, 6.45) is 1.79. The Morgan fingerprint density at radius 2 is 1.93 bits per heavy atom. The summed E-state index contributed by atoms with van der Waals surface area (Å²) < 4.78 is 0. The number of amides is 1. The lowest BCUT2D eigenvalue weighted by atomic mass is 10.1. The molecule has 80 valence electrons. The smallest absolute Gasteiger partial charge is 0.223 e. The number of hydrogen-bond donors (Lipinski definition) is 1. The third-order valence-corrected chi connectivity index (χ3v) is 3.21. The first-order chi connectivity index (χ1) is 7.31. The first kappa shape index (κ1) is 10.7. The normalized spacial score (nSPS) is 15.0. The zero-order valence-electron chi connectivity index (χ0n) is 8.50. The van der Waals surface area contributed by atoms with Crippen LogP contribution in [0.4, 0.5) is 0 Å². The van der Waals surface area contributed by atoms with Gasteiger partial charge in [0.15, 0.2) is 0 Å². The van der Waals surface area contributed by atoms with Gasteiger partial charge in [-0.1, -0.05) is 40.2 Å². The van der Waals surface area contributed by atoms with Crippen LogP contribution in [0.15, 0.2) is 24.3 Å². The SMILES string of the molecule is O=C(NCCBr)C1Cc2ccccc2C1. The van der Waals surface area contributed by atoms with Gasteiger partial charge in [0.05, 0.1) is 0 Å². The molecular weight excluding hydrogens is 254 g/mol. The van der Waals surface area contributed by atoms with Crippen LogP contribution in [0.5, 0.6) is 0 Å². The highest BCUT2D eigenvalue weighted by Gasteiger charge is 2.26. The number of nitrogens with one attached hydrogen (secondary N) is 1. The summed E-state index contributed by atoms with van der Waals surface area (Å²) in [5, 5.41) is 3.74. The molecular formula is C12H14BrNO. The van der Waals surface area contributed by atoms with E-state index in [9.17, 15) is 4.79 Å². The van der Waals surface area contributed by atoms with Crippen LogP contribution in [0.1, 0.15) is 11.1 Å². The lowest BCUT2D eigenvalue weighted by Crippen LogP contribution is -2.32. The van der Waals surface area contributed by atoms with Crippen LogP contribution >= 0.6 is 15.9 Å². The molecule has 0 saturated heterocycles. The highest BCUT2D eigenvalue weighted by molar-refractivity contribution is 9.09. The second-order valence-corrected chi connectivity index (χ2v) is 4.65. The summed E-state index contributed by atoms with van der Waals surface area (Å²) in [5.74, 6) is 0.326. The van der Waals surface area contributed by atoms with Gasteiger partial charge in [-0.25, -0.2) is 0 Å². The van der Waals surface area contributed by atoms with E-state index in [-0.39, 0.29) is 11.8 Å². The molecule has 0 fully saturated rings. The van der Waals surface area contributed by atoms with Crippen LogP contribution in [0, 0.1) is 5.92 Å². The van der Waals surface area contributed by atoms with Gasteiger partial charge in [0.2, 0.25) is 5.91 Å². The lowest BCUT2D eigenvalue weighted by molar-refractivity contribution is -0.124. The average molecular weight is 268 g/mol. The molecule has 1 aromatic rings. The van der Waals surface area contributed by atoms with Crippen LogP contribution in [0.25, 0.3) is 0 Å². The van der Waals surface area contributed by atoms with E-state index in [0.717, 1.165) is 18.2 Å². The second kappa shape index (κ2) is 4.79. The zero-order valence-corrected chi connectivity index (χ0v) is 10.1. The van der Waals surface area contributed by atoms with Crippen molar-refractivity contribution in [2.24, 2.45) is 5.92 Å². The van der Waals surface area contributed by atoms with Gasteiger partial charge in [-0.3, -0.25) is 4.79 Å². The molecule has 1 aliphatic rings. The Bertz CT molecular complexity index is 339. The van der Waals surface area contributed by atoms with Crippen LogP contribution in [0.3, 0.4) is 0 Å². The fraction of sp³-hybridized carbons (Fsp3) is 0.417. The Kier molecular flexibility index (Phi) is 3.41. The van der Waals surface area contributed by atoms with E-state index in [0.29, 0.717) is 6.54 Å². The number of fused-ring (bicyclic) bond motifs is 1. The Hall–Kier alpha value is -0.830. The Labute approximate surface area is 98.2 Å². The van der Waals surface area contributed by atoms with Crippen LogP contribution in [-0.2, 0) is 17.6 Å². The molecule has 2 nitrogen and oxygen atoms in total. The van der Waals surface area contributed by atoms with Crippen molar-refractivity contribution in [2.75, 3.05) is 11.9 Å². The van der Waals surface area contributed by atoms with Gasteiger partial charge in [-0.2, -0.15) is 0 Å². The fourth-order valence-electron chi connectivity index (χ4n) is 2.06. The van der Waals surface area contributed by atoms with Gasteiger partial charge in [0, 0.05) is 17.8 Å². The van der Waals surface area contributed by atoms with E-state index in [1.54, 1.807) is 0 Å². The van der Waals surface area contributed by atoms with Crippen LogP contribution in [-0.4, -0.2) is 17.8 Å². The minimum absolute atomic E-state index is 0.140. The average Bonchev–Trinajstić information content (AvgIpc) is 2.69. The molecule has 0 spiro atoms. The van der Waals surface area contributed by atoms with Crippen molar-refractivity contribution in [1.82, 2.24) is 5.32 Å². The molecule has 0 bridgehead atoms. The molecule has 1 N–H and O–H groups in total. The fourth-order valence-corrected chi connectivity index (χ4v) is 2.26. The van der Waals surface area contributed by atoms with Crippen molar-refractivity contribution in [3.8, 4) is 0 Å². The predicted molar refractivity (Wildman–Crippen MR) is 64.1 cm³/mol. The molecule has 1 amide bonds. The topological polar surface area (TPSA) is 29.1 Å². The third kappa shape index (κ3) is 2.40. The molecule has 1 aliphatic carbocycles. The summed E-state index contributed by atoms with van der Waals surface area (Å²) in [6, 6.07) is 8.31. The highest BCUT2D eigenvalue weighted by Crippen LogP contribution is 2.26.